The first-order chi connectivity index (χ1) is 7.67. The average molecular weight is 244 g/mol. The Hall–Kier alpha value is -1.01. The Morgan fingerprint density at radius 1 is 1.75 bits per heavy atom. The third-order valence-corrected chi connectivity index (χ3v) is 2.94. The van der Waals surface area contributed by atoms with Crippen molar-refractivity contribution < 1.29 is 14.4 Å². The van der Waals surface area contributed by atoms with Gasteiger partial charge in [-0.15, -0.1) is 0 Å². The van der Waals surface area contributed by atoms with Crippen LogP contribution in [-0.2, 0) is 6.54 Å². The lowest BCUT2D eigenvalue weighted by atomic mass is 10.2. The van der Waals surface area contributed by atoms with Gasteiger partial charge in [0.15, 0.2) is 11.5 Å². The van der Waals surface area contributed by atoms with Crippen LogP contribution in [0.3, 0.4) is 0 Å². The van der Waals surface area contributed by atoms with E-state index in [0.29, 0.717) is 18.3 Å². The SMILES string of the molecule is CCC(CSC)NCc1cc(C(=O)O)no1. The zero-order valence-electron chi connectivity index (χ0n) is 9.40. The minimum atomic E-state index is -1.06. The maximum atomic E-state index is 10.6. The summed E-state index contributed by atoms with van der Waals surface area (Å²) in [4.78, 5) is 10.6. The number of nitrogens with one attached hydrogen (secondary N) is 1. The molecule has 1 aromatic heterocycles. The summed E-state index contributed by atoms with van der Waals surface area (Å²) < 4.78 is 4.90. The summed E-state index contributed by atoms with van der Waals surface area (Å²) in [6.07, 6.45) is 3.09. The molecule has 0 aliphatic carbocycles. The topological polar surface area (TPSA) is 75.4 Å². The summed E-state index contributed by atoms with van der Waals surface area (Å²) >= 11 is 1.78. The van der Waals surface area contributed by atoms with Gasteiger partial charge in [-0.2, -0.15) is 11.8 Å². The minimum absolute atomic E-state index is 0.0466. The fourth-order valence-electron chi connectivity index (χ4n) is 1.26. The Balaban J connectivity index is 2.44. The highest BCUT2D eigenvalue weighted by Gasteiger charge is 2.11. The first-order valence-electron chi connectivity index (χ1n) is 5.08. The summed E-state index contributed by atoms with van der Waals surface area (Å²) in [7, 11) is 0. The van der Waals surface area contributed by atoms with Gasteiger partial charge in [-0.1, -0.05) is 12.1 Å². The van der Waals surface area contributed by atoms with Crippen molar-refractivity contribution >= 4 is 17.7 Å². The Morgan fingerprint density at radius 3 is 3.00 bits per heavy atom. The van der Waals surface area contributed by atoms with E-state index < -0.39 is 5.97 Å². The van der Waals surface area contributed by atoms with Crippen molar-refractivity contribution in [1.29, 1.82) is 0 Å². The predicted molar refractivity (Wildman–Crippen MR) is 62.8 cm³/mol. The van der Waals surface area contributed by atoms with Crippen LogP contribution in [0, 0.1) is 0 Å². The smallest absolute Gasteiger partial charge is 0.358 e. The lowest BCUT2D eigenvalue weighted by Gasteiger charge is -2.13. The Labute approximate surface area is 98.6 Å². The van der Waals surface area contributed by atoms with Gasteiger partial charge in [0.05, 0.1) is 6.54 Å². The first-order valence-corrected chi connectivity index (χ1v) is 6.48. The van der Waals surface area contributed by atoms with Crippen molar-refractivity contribution in [3.63, 3.8) is 0 Å². The second kappa shape index (κ2) is 6.55. The zero-order chi connectivity index (χ0) is 12.0. The fourth-order valence-corrected chi connectivity index (χ4v) is 2.02. The molecule has 0 spiro atoms. The van der Waals surface area contributed by atoms with E-state index in [2.05, 4.69) is 23.7 Å². The van der Waals surface area contributed by atoms with Gasteiger partial charge in [0.1, 0.15) is 0 Å². The average Bonchev–Trinajstić information content (AvgIpc) is 2.73. The summed E-state index contributed by atoms with van der Waals surface area (Å²) in [5.74, 6) is 0.513. The number of thioether (sulfide) groups is 1. The van der Waals surface area contributed by atoms with Crippen LogP contribution in [0.2, 0.25) is 0 Å². The number of carboxylic acids is 1. The van der Waals surface area contributed by atoms with E-state index in [1.165, 1.54) is 6.07 Å². The Kier molecular flexibility index (Phi) is 5.34. The van der Waals surface area contributed by atoms with Crippen LogP contribution in [0.25, 0.3) is 0 Å². The second-order valence-electron chi connectivity index (χ2n) is 3.43. The molecule has 90 valence electrons. The second-order valence-corrected chi connectivity index (χ2v) is 4.34. The number of aromatic carboxylic acids is 1. The van der Waals surface area contributed by atoms with Gasteiger partial charge in [0.2, 0.25) is 0 Å². The molecule has 2 N–H and O–H groups in total. The highest BCUT2D eigenvalue weighted by atomic mass is 32.2. The molecule has 5 nitrogen and oxygen atoms in total. The maximum absolute atomic E-state index is 10.6. The van der Waals surface area contributed by atoms with Gasteiger partial charge in [0, 0.05) is 17.9 Å². The van der Waals surface area contributed by atoms with E-state index in [4.69, 9.17) is 9.63 Å². The van der Waals surface area contributed by atoms with Crippen LogP contribution in [0.15, 0.2) is 10.6 Å². The van der Waals surface area contributed by atoms with Gasteiger partial charge in [-0.25, -0.2) is 4.79 Å². The van der Waals surface area contributed by atoms with Crippen LogP contribution < -0.4 is 5.32 Å². The number of hydrogen-bond acceptors (Lipinski definition) is 5. The van der Waals surface area contributed by atoms with E-state index in [0.717, 1.165) is 12.2 Å². The number of aromatic nitrogens is 1. The van der Waals surface area contributed by atoms with Crippen molar-refractivity contribution in [2.24, 2.45) is 0 Å². The molecule has 1 heterocycles. The van der Waals surface area contributed by atoms with Crippen molar-refractivity contribution in [1.82, 2.24) is 10.5 Å². The molecule has 0 aliphatic heterocycles. The molecule has 0 bridgehead atoms. The van der Waals surface area contributed by atoms with Gasteiger partial charge >= 0.3 is 5.97 Å². The number of carbonyl (C=O) groups is 1. The fraction of sp³-hybridized carbons (Fsp3) is 0.600. The van der Waals surface area contributed by atoms with E-state index in [1.807, 2.05) is 0 Å². The molecule has 1 atom stereocenters. The normalized spacial score (nSPS) is 12.6. The maximum Gasteiger partial charge on any atom is 0.358 e. The van der Waals surface area contributed by atoms with Crippen LogP contribution in [0.5, 0.6) is 0 Å². The third-order valence-electron chi connectivity index (χ3n) is 2.20. The minimum Gasteiger partial charge on any atom is -0.476 e. The van der Waals surface area contributed by atoms with E-state index >= 15 is 0 Å². The monoisotopic (exact) mass is 244 g/mol. The molecule has 0 saturated carbocycles. The molecule has 0 aromatic carbocycles. The molecule has 1 unspecified atom stereocenters. The van der Waals surface area contributed by atoms with Crippen LogP contribution in [0.4, 0.5) is 0 Å². The molecule has 16 heavy (non-hydrogen) atoms. The van der Waals surface area contributed by atoms with Crippen molar-refractivity contribution in [2.45, 2.75) is 25.9 Å². The summed E-state index contributed by atoms with van der Waals surface area (Å²) in [6.45, 7) is 2.62. The van der Waals surface area contributed by atoms with Crippen molar-refractivity contribution in [2.75, 3.05) is 12.0 Å². The molecule has 0 amide bonds. The van der Waals surface area contributed by atoms with Crippen LogP contribution >= 0.6 is 11.8 Å². The Morgan fingerprint density at radius 2 is 2.50 bits per heavy atom. The lowest BCUT2D eigenvalue weighted by molar-refractivity contribution is 0.0685. The van der Waals surface area contributed by atoms with E-state index in [-0.39, 0.29) is 5.69 Å². The van der Waals surface area contributed by atoms with Crippen LogP contribution in [0.1, 0.15) is 29.6 Å². The number of nitrogens with zero attached hydrogens (tertiary/aromatic N) is 1. The molecule has 0 saturated heterocycles. The van der Waals surface area contributed by atoms with E-state index in [9.17, 15) is 4.79 Å². The van der Waals surface area contributed by atoms with Crippen molar-refractivity contribution in [3.8, 4) is 0 Å². The van der Waals surface area contributed by atoms with E-state index in [1.54, 1.807) is 11.8 Å². The molecular formula is C10H16N2O3S. The summed E-state index contributed by atoms with van der Waals surface area (Å²) in [5.41, 5.74) is -0.0466. The van der Waals surface area contributed by atoms with Gasteiger partial charge < -0.3 is 14.9 Å². The molecular weight excluding hydrogens is 228 g/mol. The molecule has 0 fully saturated rings. The summed E-state index contributed by atoms with van der Waals surface area (Å²) in [5, 5.41) is 15.4. The zero-order valence-corrected chi connectivity index (χ0v) is 10.2. The number of carboxylic acid groups (broad SMARTS) is 1. The quantitative estimate of drug-likeness (QED) is 0.759. The van der Waals surface area contributed by atoms with Crippen molar-refractivity contribution in [3.05, 3.63) is 17.5 Å². The highest BCUT2D eigenvalue weighted by molar-refractivity contribution is 7.98. The molecule has 6 heteroatoms. The molecule has 0 aliphatic rings. The predicted octanol–water partition coefficient (Wildman–Crippen LogP) is 1.60. The Bertz CT molecular complexity index is 341. The van der Waals surface area contributed by atoms with Crippen LogP contribution in [-0.4, -0.2) is 34.3 Å². The summed E-state index contributed by atoms with van der Waals surface area (Å²) in [6, 6.07) is 1.86. The lowest BCUT2D eigenvalue weighted by Crippen LogP contribution is -2.29. The van der Waals surface area contributed by atoms with Gasteiger partial charge in [0.25, 0.3) is 0 Å². The molecule has 1 rings (SSSR count). The van der Waals surface area contributed by atoms with Gasteiger partial charge in [-0.05, 0) is 12.7 Å². The third kappa shape index (κ3) is 3.86. The standard InChI is InChI=1S/C10H16N2O3S/c1-3-7(6-16-2)11-5-8-4-9(10(13)14)12-15-8/h4,7,11H,3,5-6H2,1-2H3,(H,13,14). The molecule has 0 radical (unpaired) electrons. The number of hydrogen-bond donors (Lipinski definition) is 2. The highest BCUT2D eigenvalue weighted by Crippen LogP contribution is 2.06. The van der Waals surface area contributed by atoms with Gasteiger partial charge in [-0.3, -0.25) is 0 Å². The number of rotatable bonds is 7. The largest absolute Gasteiger partial charge is 0.476 e. The first kappa shape index (κ1) is 13.1. The molecule has 1 aromatic rings.